The number of aromatic hydroxyl groups is 1. The highest BCUT2D eigenvalue weighted by molar-refractivity contribution is 8.04. The second-order valence-electron chi connectivity index (χ2n) is 7.53. The monoisotopic (exact) mass is 508 g/mol. The van der Waals surface area contributed by atoms with E-state index in [4.69, 9.17) is 16.3 Å². The Bertz CT molecular complexity index is 1310. The first-order valence-corrected chi connectivity index (χ1v) is 12.0. The number of imide groups is 1. The standard InChI is InChI=1S/C26H21ClN2O5S/c1-2-14-34-26(33)16-8-11-18(12-9-16)29-24(31)22(28-20-15-17(27)10-13-21(20)30)23(25(29)32)35-19-6-4-3-5-7-19/h3-13,15,28,30H,2,14H2,1H3. The van der Waals surface area contributed by atoms with Gasteiger partial charge in [-0.1, -0.05) is 48.5 Å². The normalized spacial score (nSPS) is 13.4. The summed E-state index contributed by atoms with van der Waals surface area (Å²) in [7, 11) is 0. The third-order valence-electron chi connectivity index (χ3n) is 5.02. The molecular weight excluding hydrogens is 488 g/mol. The van der Waals surface area contributed by atoms with Crippen molar-refractivity contribution >= 4 is 52.5 Å². The maximum atomic E-state index is 13.4. The summed E-state index contributed by atoms with van der Waals surface area (Å²) in [6.07, 6.45) is 0.700. The molecule has 2 amide bonds. The van der Waals surface area contributed by atoms with Crippen LogP contribution in [0.1, 0.15) is 23.7 Å². The van der Waals surface area contributed by atoms with E-state index in [2.05, 4.69) is 5.32 Å². The molecule has 0 fully saturated rings. The minimum absolute atomic E-state index is 0.00727. The lowest BCUT2D eigenvalue weighted by atomic mass is 10.2. The number of thioether (sulfide) groups is 1. The smallest absolute Gasteiger partial charge is 0.338 e. The van der Waals surface area contributed by atoms with Crippen LogP contribution >= 0.6 is 23.4 Å². The maximum Gasteiger partial charge on any atom is 0.338 e. The van der Waals surface area contributed by atoms with Gasteiger partial charge in [-0.3, -0.25) is 9.59 Å². The molecule has 0 atom stereocenters. The van der Waals surface area contributed by atoms with Crippen molar-refractivity contribution in [2.45, 2.75) is 18.2 Å². The molecular formula is C26H21ClN2O5S. The maximum absolute atomic E-state index is 13.4. The molecule has 178 valence electrons. The zero-order valence-electron chi connectivity index (χ0n) is 18.7. The lowest BCUT2D eigenvalue weighted by molar-refractivity contribution is -0.120. The molecule has 0 aromatic heterocycles. The Morgan fingerprint density at radius 2 is 1.74 bits per heavy atom. The Kier molecular flexibility index (Phi) is 7.43. The first-order valence-electron chi connectivity index (χ1n) is 10.8. The largest absolute Gasteiger partial charge is 0.506 e. The molecule has 35 heavy (non-hydrogen) atoms. The van der Waals surface area contributed by atoms with Gasteiger partial charge in [0.05, 0.1) is 23.5 Å². The van der Waals surface area contributed by atoms with Crippen LogP contribution in [0.15, 0.2) is 88.3 Å². The summed E-state index contributed by atoms with van der Waals surface area (Å²) in [5.41, 5.74) is 0.809. The summed E-state index contributed by atoms with van der Waals surface area (Å²) in [5.74, 6) is -1.74. The van der Waals surface area contributed by atoms with E-state index < -0.39 is 17.8 Å². The van der Waals surface area contributed by atoms with Gasteiger partial charge in [-0.25, -0.2) is 9.69 Å². The lowest BCUT2D eigenvalue weighted by Gasteiger charge is -2.16. The molecule has 1 aliphatic heterocycles. The van der Waals surface area contributed by atoms with Gasteiger partial charge in [0.25, 0.3) is 11.8 Å². The van der Waals surface area contributed by atoms with Crippen LogP contribution in [-0.4, -0.2) is 29.5 Å². The van der Waals surface area contributed by atoms with Crippen LogP contribution in [0.5, 0.6) is 5.75 Å². The van der Waals surface area contributed by atoms with Crippen molar-refractivity contribution in [1.29, 1.82) is 0 Å². The highest BCUT2D eigenvalue weighted by atomic mass is 35.5. The average molecular weight is 509 g/mol. The quantitative estimate of drug-likeness (QED) is 0.232. The molecule has 3 aromatic carbocycles. The van der Waals surface area contributed by atoms with Crippen LogP contribution in [0.3, 0.4) is 0 Å². The van der Waals surface area contributed by atoms with Crippen molar-refractivity contribution in [1.82, 2.24) is 0 Å². The number of nitrogens with one attached hydrogen (secondary N) is 1. The third kappa shape index (κ3) is 5.34. The lowest BCUT2D eigenvalue weighted by Crippen LogP contribution is -2.32. The molecule has 0 unspecified atom stereocenters. The van der Waals surface area contributed by atoms with Crippen LogP contribution in [0.4, 0.5) is 11.4 Å². The van der Waals surface area contributed by atoms with E-state index in [1.165, 1.54) is 42.5 Å². The van der Waals surface area contributed by atoms with Crippen LogP contribution in [-0.2, 0) is 14.3 Å². The van der Waals surface area contributed by atoms with Gasteiger partial charge in [0.15, 0.2) is 0 Å². The zero-order chi connectivity index (χ0) is 24.9. The van der Waals surface area contributed by atoms with E-state index in [0.717, 1.165) is 21.6 Å². The Hall–Kier alpha value is -3.75. The summed E-state index contributed by atoms with van der Waals surface area (Å²) in [6, 6.07) is 19.6. The number of anilines is 2. The molecule has 1 heterocycles. The van der Waals surface area contributed by atoms with Gasteiger partial charge in [0.2, 0.25) is 0 Å². The van der Waals surface area contributed by atoms with Crippen LogP contribution in [0, 0.1) is 0 Å². The molecule has 7 nitrogen and oxygen atoms in total. The van der Waals surface area contributed by atoms with Crippen molar-refractivity contribution in [3.8, 4) is 5.75 Å². The number of rotatable bonds is 8. The van der Waals surface area contributed by atoms with Crippen molar-refractivity contribution in [2.24, 2.45) is 0 Å². The number of amides is 2. The predicted octanol–water partition coefficient (Wildman–Crippen LogP) is 5.60. The van der Waals surface area contributed by atoms with Crippen molar-refractivity contribution in [3.05, 3.63) is 94.0 Å². The number of ether oxygens (including phenoxy) is 1. The van der Waals surface area contributed by atoms with Crippen LogP contribution < -0.4 is 10.2 Å². The first-order chi connectivity index (χ1) is 16.9. The molecule has 0 aliphatic carbocycles. The zero-order valence-corrected chi connectivity index (χ0v) is 20.2. The summed E-state index contributed by atoms with van der Waals surface area (Å²) in [4.78, 5) is 40.9. The number of hydrogen-bond acceptors (Lipinski definition) is 7. The topological polar surface area (TPSA) is 95.9 Å². The summed E-state index contributed by atoms with van der Waals surface area (Å²) in [5, 5.41) is 13.5. The molecule has 0 radical (unpaired) electrons. The molecule has 0 spiro atoms. The Labute approximate surface area is 211 Å². The number of phenolic OH excluding ortho intramolecular Hbond substituents is 1. The van der Waals surface area contributed by atoms with Crippen molar-refractivity contribution in [2.75, 3.05) is 16.8 Å². The Balaban J connectivity index is 1.68. The first kappa shape index (κ1) is 24.4. The summed E-state index contributed by atoms with van der Waals surface area (Å²) >= 11 is 7.19. The number of phenols is 1. The second kappa shape index (κ2) is 10.7. The Morgan fingerprint density at radius 1 is 1.03 bits per heavy atom. The summed E-state index contributed by atoms with van der Waals surface area (Å²) in [6.45, 7) is 2.20. The van der Waals surface area contributed by atoms with Gasteiger partial charge in [-0.2, -0.15) is 0 Å². The molecule has 3 aromatic rings. The van der Waals surface area contributed by atoms with Crippen LogP contribution in [0.25, 0.3) is 0 Å². The number of hydrogen-bond donors (Lipinski definition) is 2. The number of carbonyl (C=O) groups is 3. The number of carbonyl (C=O) groups excluding carboxylic acids is 3. The van der Waals surface area contributed by atoms with Gasteiger partial charge in [0, 0.05) is 9.92 Å². The second-order valence-corrected chi connectivity index (χ2v) is 9.05. The van der Waals surface area contributed by atoms with E-state index in [1.54, 1.807) is 0 Å². The SMILES string of the molecule is CCCOC(=O)c1ccc(N2C(=O)C(Nc3cc(Cl)ccc3O)=C(Sc3ccccc3)C2=O)cc1. The number of nitrogens with zero attached hydrogens (tertiary/aromatic N) is 1. The fourth-order valence-corrected chi connectivity index (χ4v) is 4.44. The molecule has 2 N–H and O–H groups in total. The fourth-order valence-electron chi connectivity index (χ4n) is 3.32. The average Bonchev–Trinajstić information content (AvgIpc) is 3.09. The van der Waals surface area contributed by atoms with Gasteiger partial charge in [-0.05, 0) is 61.0 Å². The molecule has 0 bridgehead atoms. The molecule has 0 saturated carbocycles. The van der Waals surface area contributed by atoms with Crippen LogP contribution in [0.2, 0.25) is 5.02 Å². The number of esters is 1. The van der Waals surface area contributed by atoms with Gasteiger partial charge in [0.1, 0.15) is 16.4 Å². The number of benzene rings is 3. The van der Waals surface area contributed by atoms with Gasteiger partial charge >= 0.3 is 5.97 Å². The van der Waals surface area contributed by atoms with Crippen molar-refractivity contribution < 1.29 is 24.2 Å². The minimum atomic E-state index is -0.603. The molecule has 1 aliphatic rings. The minimum Gasteiger partial charge on any atom is -0.506 e. The van der Waals surface area contributed by atoms with E-state index in [-0.39, 0.29) is 22.0 Å². The molecule has 9 heteroatoms. The van der Waals surface area contributed by atoms with E-state index >= 15 is 0 Å². The van der Waals surface area contributed by atoms with Gasteiger partial charge < -0.3 is 15.2 Å². The molecule has 0 saturated heterocycles. The van der Waals surface area contributed by atoms with E-state index in [0.29, 0.717) is 29.3 Å². The van der Waals surface area contributed by atoms with Crippen molar-refractivity contribution in [3.63, 3.8) is 0 Å². The highest BCUT2D eigenvalue weighted by Gasteiger charge is 2.40. The van der Waals surface area contributed by atoms with E-state index in [1.807, 2.05) is 37.3 Å². The molecule has 4 rings (SSSR count). The van der Waals surface area contributed by atoms with Gasteiger partial charge in [-0.15, -0.1) is 0 Å². The predicted molar refractivity (Wildman–Crippen MR) is 136 cm³/mol. The summed E-state index contributed by atoms with van der Waals surface area (Å²) < 4.78 is 5.13. The van der Waals surface area contributed by atoms with E-state index in [9.17, 15) is 19.5 Å². The highest BCUT2D eigenvalue weighted by Crippen LogP contribution is 2.39. The number of halogens is 1. The fraction of sp³-hybridized carbons (Fsp3) is 0.115. The third-order valence-corrected chi connectivity index (χ3v) is 6.35. The Morgan fingerprint density at radius 3 is 2.43 bits per heavy atom.